The Kier molecular flexibility index (Phi) is 6.19. The highest BCUT2D eigenvalue weighted by Crippen LogP contribution is 2.12. The molecule has 4 nitrogen and oxygen atoms in total. The van der Waals surface area contributed by atoms with Gasteiger partial charge in [-0.2, -0.15) is 0 Å². The second-order valence-corrected chi connectivity index (χ2v) is 6.92. The highest BCUT2D eigenvalue weighted by atomic mass is 16.2. The van der Waals surface area contributed by atoms with Crippen LogP contribution in [0.5, 0.6) is 0 Å². The van der Waals surface area contributed by atoms with Gasteiger partial charge >= 0.3 is 5.91 Å². The van der Waals surface area contributed by atoms with Crippen LogP contribution in [0.25, 0.3) is 0 Å². The Balaban J connectivity index is 2.18. The van der Waals surface area contributed by atoms with Gasteiger partial charge in [-0.25, -0.2) is 5.01 Å². The van der Waals surface area contributed by atoms with E-state index in [0.29, 0.717) is 5.56 Å². The molecule has 0 saturated carbocycles. The number of amides is 2. The standard InChI is InChI=1S/C22H24N2O2/c1-5-17-11-14-19(15-12-17)21(26)23-24(22(2,3)4)20(25)16-13-18-9-7-6-8-10-18/h6-12,14-15H,5H2,1-4H3,(H,23,26). The van der Waals surface area contributed by atoms with Crippen LogP contribution in [0, 0.1) is 11.8 Å². The summed E-state index contributed by atoms with van der Waals surface area (Å²) < 4.78 is 0. The van der Waals surface area contributed by atoms with Gasteiger partial charge in [-0.05, 0) is 57.0 Å². The summed E-state index contributed by atoms with van der Waals surface area (Å²) in [6.07, 6.45) is 0.906. The van der Waals surface area contributed by atoms with Crippen molar-refractivity contribution >= 4 is 11.8 Å². The maximum Gasteiger partial charge on any atom is 0.317 e. The molecule has 26 heavy (non-hydrogen) atoms. The van der Waals surface area contributed by atoms with Gasteiger partial charge in [0.2, 0.25) is 0 Å². The van der Waals surface area contributed by atoms with Crippen molar-refractivity contribution in [2.45, 2.75) is 39.7 Å². The molecule has 2 aromatic rings. The minimum atomic E-state index is -0.610. The Hall–Kier alpha value is -3.06. The molecule has 134 valence electrons. The molecule has 2 amide bonds. The smallest absolute Gasteiger partial charge is 0.267 e. The van der Waals surface area contributed by atoms with Crippen molar-refractivity contribution in [3.8, 4) is 11.8 Å². The van der Waals surface area contributed by atoms with Crippen LogP contribution in [-0.4, -0.2) is 22.4 Å². The van der Waals surface area contributed by atoms with Crippen LogP contribution in [-0.2, 0) is 11.2 Å². The van der Waals surface area contributed by atoms with Crippen LogP contribution in [0.15, 0.2) is 54.6 Å². The fourth-order valence-electron chi connectivity index (χ4n) is 2.28. The summed E-state index contributed by atoms with van der Waals surface area (Å²) in [5.41, 5.74) is 4.48. The molecule has 0 aromatic heterocycles. The van der Waals surface area contributed by atoms with E-state index >= 15 is 0 Å². The van der Waals surface area contributed by atoms with E-state index in [1.165, 1.54) is 5.01 Å². The van der Waals surface area contributed by atoms with Crippen LogP contribution in [0.3, 0.4) is 0 Å². The van der Waals surface area contributed by atoms with Crippen molar-refractivity contribution in [2.75, 3.05) is 0 Å². The molecule has 4 heteroatoms. The van der Waals surface area contributed by atoms with Gasteiger partial charge in [-0.15, -0.1) is 0 Å². The quantitative estimate of drug-likeness (QED) is 0.666. The average molecular weight is 348 g/mol. The number of hydrogen-bond donors (Lipinski definition) is 1. The lowest BCUT2D eigenvalue weighted by molar-refractivity contribution is -0.132. The van der Waals surface area contributed by atoms with Gasteiger partial charge in [0, 0.05) is 17.0 Å². The van der Waals surface area contributed by atoms with E-state index in [0.717, 1.165) is 17.5 Å². The maximum atomic E-state index is 12.6. The van der Waals surface area contributed by atoms with E-state index in [1.807, 2.05) is 63.2 Å². The maximum absolute atomic E-state index is 12.6. The third kappa shape index (κ3) is 5.22. The number of nitrogens with zero attached hydrogens (tertiary/aromatic N) is 1. The largest absolute Gasteiger partial charge is 0.317 e. The van der Waals surface area contributed by atoms with Crippen LogP contribution in [0.2, 0.25) is 0 Å². The molecule has 0 atom stereocenters. The van der Waals surface area contributed by atoms with Gasteiger partial charge < -0.3 is 0 Å². The summed E-state index contributed by atoms with van der Waals surface area (Å²) in [4.78, 5) is 25.1. The SMILES string of the molecule is CCc1ccc(C(=O)NN(C(=O)C#Cc2ccccc2)C(C)(C)C)cc1. The van der Waals surface area contributed by atoms with Crippen molar-refractivity contribution in [1.82, 2.24) is 10.4 Å². The van der Waals surface area contributed by atoms with Gasteiger partial charge in [-0.3, -0.25) is 15.0 Å². The molecule has 2 aromatic carbocycles. The number of aryl methyl sites for hydroxylation is 1. The Morgan fingerprint density at radius 3 is 2.15 bits per heavy atom. The van der Waals surface area contributed by atoms with Crippen LogP contribution in [0.1, 0.15) is 49.2 Å². The third-order valence-electron chi connectivity index (χ3n) is 3.80. The Labute approximate surface area is 155 Å². The molecular weight excluding hydrogens is 324 g/mol. The van der Waals surface area contributed by atoms with Crippen molar-refractivity contribution in [1.29, 1.82) is 0 Å². The normalized spacial score (nSPS) is 10.5. The van der Waals surface area contributed by atoms with Crippen molar-refractivity contribution in [3.63, 3.8) is 0 Å². The molecule has 0 heterocycles. The monoisotopic (exact) mass is 348 g/mol. The molecule has 0 saturated heterocycles. The summed E-state index contributed by atoms with van der Waals surface area (Å²) in [6.45, 7) is 7.58. The minimum Gasteiger partial charge on any atom is -0.267 e. The Morgan fingerprint density at radius 1 is 1.00 bits per heavy atom. The van der Waals surface area contributed by atoms with E-state index in [-0.39, 0.29) is 5.91 Å². The number of rotatable bonds is 2. The highest BCUT2D eigenvalue weighted by Gasteiger charge is 2.27. The fourth-order valence-corrected chi connectivity index (χ4v) is 2.28. The Morgan fingerprint density at radius 2 is 1.62 bits per heavy atom. The lowest BCUT2D eigenvalue weighted by atomic mass is 10.1. The number of carbonyl (C=O) groups excluding carboxylic acids is 2. The van der Waals surface area contributed by atoms with Crippen LogP contribution < -0.4 is 5.43 Å². The predicted molar refractivity (Wildman–Crippen MR) is 103 cm³/mol. The van der Waals surface area contributed by atoms with Gasteiger partial charge in [-0.1, -0.05) is 43.2 Å². The first-order valence-electron chi connectivity index (χ1n) is 8.62. The zero-order valence-electron chi connectivity index (χ0n) is 15.7. The molecule has 0 aliphatic rings. The molecule has 0 aliphatic carbocycles. The molecule has 0 fully saturated rings. The first kappa shape index (κ1) is 19.3. The summed E-state index contributed by atoms with van der Waals surface area (Å²) in [5.74, 6) is 4.64. The molecule has 1 N–H and O–H groups in total. The molecule has 0 aliphatic heterocycles. The average Bonchev–Trinajstić information content (AvgIpc) is 2.64. The summed E-state index contributed by atoms with van der Waals surface area (Å²) in [6, 6.07) is 16.6. The van der Waals surface area contributed by atoms with Gasteiger partial charge in [0.15, 0.2) is 0 Å². The predicted octanol–water partition coefficient (Wildman–Crippen LogP) is 3.57. The first-order valence-corrected chi connectivity index (χ1v) is 8.62. The van der Waals surface area contributed by atoms with Crippen molar-refractivity contribution < 1.29 is 9.59 Å². The summed E-state index contributed by atoms with van der Waals surface area (Å²) >= 11 is 0. The molecule has 0 unspecified atom stereocenters. The first-order chi connectivity index (χ1) is 12.3. The highest BCUT2D eigenvalue weighted by molar-refractivity contribution is 5.99. The number of carbonyl (C=O) groups is 2. The second kappa shape index (κ2) is 8.35. The Bertz CT molecular complexity index is 822. The zero-order chi connectivity index (χ0) is 19.2. The number of hydrazine groups is 1. The van der Waals surface area contributed by atoms with Gasteiger partial charge in [0.25, 0.3) is 5.91 Å². The second-order valence-electron chi connectivity index (χ2n) is 6.92. The van der Waals surface area contributed by atoms with E-state index in [4.69, 9.17) is 0 Å². The van der Waals surface area contributed by atoms with Crippen molar-refractivity contribution in [3.05, 3.63) is 71.3 Å². The van der Waals surface area contributed by atoms with E-state index in [9.17, 15) is 9.59 Å². The van der Waals surface area contributed by atoms with E-state index in [2.05, 4.69) is 24.2 Å². The lowest BCUT2D eigenvalue weighted by Crippen LogP contribution is -2.55. The molecule has 0 radical (unpaired) electrons. The van der Waals surface area contributed by atoms with Crippen LogP contribution in [0.4, 0.5) is 0 Å². The minimum absolute atomic E-state index is 0.336. The van der Waals surface area contributed by atoms with E-state index in [1.54, 1.807) is 12.1 Å². The molecule has 0 spiro atoms. The van der Waals surface area contributed by atoms with Gasteiger partial charge in [0.05, 0.1) is 5.54 Å². The van der Waals surface area contributed by atoms with Crippen LogP contribution >= 0.6 is 0 Å². The zero-order valence-corrected chi connectivity index (χ0v) is 15.7. The number of nitrogens with one attached hydrogen (secondary N) is 1. The topological polar surface area (TPSA) is 49.4 Å². The fraction of sp³-hybridized carbons (Fsp3) is 0.273. The molecule has 2 rings (SSSR count). The van der Waals surface area contributed by atoms with E-state index < -0.39 is 11.4 Å². The molecule has 0 bridgehead atoms. The number of hydrogen-bond acceptors (Lipinski definition) is 2. The summed E-state index contributed by atoms with van der Waals surface area (Å²) in [7, 11) is 0. The molecular formula is C22H24N2O2. The lowest BCUT2D eigenvalue weighted by Gasteiger charge is -2.33. The third-order valence-corrected chi connectivity index (χ3v) is 3.80. The van der Waals surface area contributed by atoms with Gasteiger partial charge in [0.1, 0.15) is 0 Å². The number of benzene rings is 2. The summed E-state index contributed by atoms with van der Waals surface area (Å²) in [5, 5.41) is 1.28. The van der Waals surface area contributed by atoms with Crippen molar-refractivity contribution in [2.24, 2.45) is 0 Å².